The molecule has 0 aliphatic carbocycles. The summed E-state index contributed by atoms with van der Waals surface area (Å²) in [6.07, 6.45) is 0.852. The number of hydrogen-bond acceptors (Lipinski definition) is 1. The van der Waals surface area contributed by atoms with Crippen molar-refractivity contribution in [2.75, 3.05) is 6.61 Å². The van der Waals surface area contributed by atoms with Gasteiger partial charge in [-0.2, -0.15) is 0 Å². The van der Waals surface area contributed by atoms with E-state index in [9.17, 15) is 0 Å². The normalized spacial score (nSPS) is 12.2. The van der Waals surface area contributed by atoms with Crippen LogP contribution in [0.1, 0.15) is 22.9 Å². The highest BCUT2D eigenvalue weighted by Gasteiger charge is 2.15. The van der Waals surface area contributed by atoms with Crippen LogP contribution < -0.4 is 4.74 Å². The highest BCUT2D eigenvalue weighted by molar-refractivity contribution is 9.09. The fourth-order valence-corrected chi connectivity index (χ4v) is 3.38. The van der Waals surface area contributed by atoms with Gasteiger partial charge in [0.2, 0.25) is 0 Å². The third kappa shape index (κ3) is 3.91. The Morgan fingerprint density at radius 2 is 1.80 bits per heavy atom. The van der Waals surface area contributed by atoms with E-state index in [4.69, 9.17) is 27.9 Å². The highest BCUT2D eigenvalue weighted by atomic mass is 79.9. The molecule has 0 aliphatic heterocycles. The Hall–Kier alpha value is -0.700. The Labute approximate surface area is 138 Å². The standard InChI is InChI=1S/C16H15BrCl2O/c1-2-20-16-10-14(18)12(9-15(16)19)13(17)8-11-6-4-3-5-7-11/h3-7,9-10,13H,2,8H2,1H3. The first kappa shape index (κ1) is 15.7. The van der Waals surface area contributed by atoms with Gasteiger partial charge in [-0.1, -0.05) is 69.5 Å². The van der Waals surface area contributed by atoms with Gasteiger partial charge in [0.25, 0.3) is 0 Å². The van der Waals surface area contributed by atoms with E-state index in [1.807, 2.05) is 31.2 Å². The van der Waals surface area contributed by atoms with Crippen molar-refractivity contribution in [3.8, 4) is 5.75 Å². The van der Waals surface area contributed by atoms with Crippen molar-refractivity contribution in [1.29, 1.82) is 0 Å². The fraction of sp³-hybridized carbons (Fsp3) is 0.250. The average molecular weight is 374 g/mol. The van der Waals surface area contributed by atoms with Crippen molar-refractivity contribution >= 4 is 39.1 Å². The van der Waals surface area contributed by atoms with Gasteiger partial charge in [0.05, 0.1) is 11.6 Å². The van der Waals surface area contributed by atoms with E-state index in [0.29, 0.717) is 22.4 Å². The van der Waals surface area contributed by atoms with Crippen LogP contribution in [-0.4, -0.2) is 6.61 Å². The number of halogens is 3. The molecule has 0 saturated heterocycles. The lowest BCUT2D eigenvalue weighted by molar-refractivity contribution is 0.340. The molecule has 0 heterocycles. The van der Waals surface area contributed by atoms with E-state index < -0.39 is 0 Å². The lowest BCUT2D eigenvalue weighted by Crippen LogP contribution is -1.99. The van der Waals surface area contributed by atoms with Gasteiger partial charge in [0, 0.05) is 15.9 Å². The maximum absolute atomic E-state index is 6.33. The molecule has 0 spiro atoms. The zero-order chi connectivity index (χ0) is 14.5. The SMILES string of the molecule is CCOc1cc(Cl)c(C(Br)Cc2ccccc2)cc1Cl. The van der Waals surface area contributed by atoms with Crippen LogP contribution in [0.25, 0.3) is 0 Å². The number of ether oxygens (including phenoxy) is 1. The number of rotatable bonds is 5. The number of benzene rings is 2. The van der Waals surface area contributed by atoms with Crippen LogP contribution in [0.4, 0.5) is 0 Å². The maximum atomic E-state index is 6.33. The van der Waals surface area contributed by atoms with Crippen LogP contribution in [0.5, 0.6) is 5.75 Å². The molecule has 0 amide bonds. The second-order valence-corrected chi connectivity index (χ2v) is 6.31. The number of hydrogen-bond donors (Lipinski definition) is 0. The second kappa shape index (κ2) is 7.35. The first-order valence-electron chi connectivity index (χ1n) is 6.41. The van der Waals surface area contributed by atoms with Gasteiger partial charge in [-0.15, -0.1) is 0 Å². The molecule has 0 bridgehead atoms. The summed E-state index contributed by atoms with van der Waals surface area (Å²) in [5.74, 6) is 0.627. The molecule has 20 heavy (non-hydrogen) atoms. The molecule has 0 aromatic heterocycles. The van der Waals surface area contributed by atoms with Gasteiger partial charge in [-0.25, -0.2) is 0 Å². The van der Waals surface area contributed by atoms with E-state index in [1.54, 1.807) is 6.07 Å². The molecule has 1 unspecified atom stereocenters. The van der Waals surface area contributed by atoms with Gasteiger partial charge in [0.1, 0.15) is 5.75 Å². The van der Waals surface area contributed by atoms with Crippen LogP contribution in [0, 0.1) is 0 Å². The summed E-state index contributed by atoms with van der Waals surface area (Å²) >= 11 is 16.2. The molecular weight excluding hydrogens is 359 g/mol. The predicted octanol–water partition coefficient (Wildman–Crippen LogP) is 6.07. The van der Waals surface area contributed by atoms with Crippen molar-refractivity contribution in [3.05, 3.63) is 63.6 Å². The summed E-state index contributed by atoms with van der Waals surface area (Å²) < 4.78 is 5.44. The predicted molar refractivity (Wildman–Crippen MR) is 89.4 cm³/mol. The van der Waals surface area contributed by atoms with Crippen LogP contribution >= 0.6 is 39.1 Å². The van der Waals surface area contributed by atoms with Crippen molar-refractivity contribution in [2.45, 2.75) is 18.2 Å². The summed E-state index contributed by atoms with van der Waals surface area (Å²) in [5, 5.41) is 1.25. The monoisotopic (exact) mass is 372 g/mol. The highest BCUT2D eigenvalue weighted by Crippen LogP contribution is 2.38. The number of alkyl halides is 1. The Morgan fingerprint density at radius 1 is 1.10 bits per heavy atom. The molecule has 2 rings (SSSR count). The van der Waals surface area contributed by atoms with Gasteiger partial charge in [-0.05, 0) is 30.5 Å². The minimum Gasteiger partial charge on any atom is -0.492 e. The zero-order valence-corrected chi connectivity index (χ0v) is 14.2. The van der Waals surface area contributed by atoms with Crippen LogP contribution in [0.3, 0.4) is 0 Å². The van der Waals surface area contributed by atoms with E-state index >= 15 is 0 Å². The first-order chi connectivity index (χ1) is 9.61. The lowest BCUT2D eigenvalue weighted by atomic mass is 10.0. The van der Waals surface area contributed by atoms with Crippen LogP contribution in [0.2, 0.25) is 10.0 Å². The molecule has 4 heteroatoms. The van der Waals surface area contributed by atoms with Crippen LogP contribution in [-0.2, 0) is 6.42 Å². The minimum absolute atomic E-state index is 0.116. The Kier molecular flexibility index (Phi) is 5.76. The minimum atomic E-state index is 0.116. The Bertz CT molecular complexity index is 572. The summed E-state index contributed by atoms with van der Waals surface area (Å²) in [6.45, 7) is 2.48. The molecule has 0 saturated carbocycles. The van der Waals surface area contributed by atoms with E-state index in [2.05, 4.69) is 28.1 Å². The molecule has 0 N–H and O–H groups in total. The zero-order valence-electron chi connectivity index (χ0n) is 11.1. The quantitative estimate of drug-likeness (QED) is 0.577. The van der Waals surface area contributed by atoms with Gasteiger partial charge in [-0.3, -0.25) is 0 Å². The second-order valence-electron chi connectivity index (χ2n) is 4.39. The third-order valence-electron chi connectivity index (χ3n) is 2.95. The topological polar surface area (TPSA) is 9.23 Å². The Balaban J connectivity index is 2.22. The summed E-state index contributed by atoms with van der Waals surface area (Å²) in [5.41, 5.74) is 2.22. The molecule has 0 radical (unpaired) electrons. The summed E-state index contributed by atoms with van der Waals surface area (Å²) in [7, 11) is 0. The molecule has 106 valence electrons. The molecule has 0 fully saturated rings. The molecule has 0 aliphatic rings. The smallest absolute Gasteiger partial charge is 0.139 e. The molecular formula is C16H15BrCl2O. The Morgan fingerprint density at radius 3 is 2.45 bits per heavy atom. The molecule has 1 atom stereocenters. The van der Waals surface area contributed by atoms with Gasteiger partial charge < -0.3 is 4.74 Å². The van der Waals surface area contributed by atoms with Crippen LogP contribution in [0.15, 0.2) is 42.5 Å². The van der Waals surface area contributed by atoms with Crippen molar-refractivity contribution < 1.29 is 4.74 Å². The lowest BCUT2D eigenvalue weighted by Gasteiger charge is -2.15. The summed E-state index contributed by atoms with van der Waals surface area (Å²) in [6, 6.07) is 13.9. The van der Waals surface area contributed by atoms with Gasteiger partial charge >= 0.3 is 0 Å². The largest absolute Gasteiger partial charge is 0.492 e. The average Bonchev–Trinajstić information content (AvgIpc) is 2.43. The van der Waals surface area contributed by atoms with E-state index in [1.165, 1.54) is 5.56 Å². The van der Waals surface area contributed by atoms with Crippen molar-refractivity contribution in [1.82, 2.24) is 0 Å². The fourth-order valence-electron chi connectivity index (χ4n) is 1.98. The third-order valence-corrected chi connectivity index (χ3v) is 4.39. The maximum Gasteiger partial charge on any atom is 0.139 e. The molecule has 1 nitrogen and oxygen atoms in total. The molecule has 2 aromatic rings. The summed E-state index contributed by atoms with van der Waals surface area (Å²) in [4.78, 5) is 0.116. The van der Waals surface area contributed by atoms with Crippen molar-refractivity contribution in [2.24, 2.45) is 0 Å². The molecule has 2 aromatic carbocycles. The van der Waals surface area contributed by atoms with E-state index in [-0.39, 0.29) is 4.83 Å². The van der Waals surface area contributed by atoms with Gasteiger partial charge in [0.15, 0.2) is 0 Å². The van der Waals surface area contributed by atoms with Crippen molar-refractivity contribution in [3.63, 3.8) is 0 Å². The first-order valence-corrected chi connectivity index (χ1v) is 8.08. The van der Waals surface area contributed by atoms with E-state index in [0.717, 1.165) is 12.0 Å².